The van der Waals surface area contributed by atoms with Crippen molar-refractivity contribution in [2.45, 2.75) is 30.9 Å². The van der Waals surface area contributed by atoms with Crippen molar-refractivity contribution in [1.29, 1.82) is 0 Å². The van der Waals surface area contributed by atoms with Crippen LogP contribution in [0.5, 0.6) is 0 Å². The summed E-state index contributed by atoms with van der Waals surface area (Å²) in [5.41, 5.74) is 1.42. The van der Waals surface area contributed by atoms with Crippen LogP contribution in [0.4, 0.5) is 0 Å². The third-order valence-electron chi connectivity index (χ3n) is 3.71. The first kappa shape index (κ1) is 18.8. The van der Waals surface area contributed by atoms with Gasteiger partial charge in [-0.2, -0.15) is 0 Å². The quantitative estimate of drug-likeness (QED) is 0.516. The Morgan fingerprint density at radius 3 is 2.79 bits per heavy atom. The van der Waals surface area contributed by atoms with Crippen LogP contribution in [-0.4, -0.2) is 38.9 Å². The average Bonchev–Trinajstić information content (AvgIpc) is 2.57. The molecule has 0 bridgehead atoms. The Bertz CT molecular complexity index is 725. The minimum absolute atomic E-state index is 0.0267. The molecule has 2 aromatic rings. The summed E-state index contributed by atoms with van der Waals surface area (Å²) in [6.45, 7) is 1.87. The molecule has 3 unspecified atom stereocenters. The molecule has 0 aliphatic heterocycles. The standard InChI is InChI=1S/C17H20NO4PS/c1-12(10-15(19)17(20)21)8-9-23(22)11-24-16-7-6-13-4-2-3-5-14(13)18-16/h2-7,12,15,19H,8-11H2,1H3/p+1. The molecule has 24 heavy (non-hydrogen) atoms. The highest BCUT2D eigenvalue weighted by atomic mass is 32.2. The van der Waals surface area contributed by atoms with Crippen LogP contribution in [0.2, 0.25) is 0 Å². The topological polar surface area (TPSA) is 87.5 Å². The first-order chi connectivity index (χ1) is 11.5. The number of aromatic nitrogens is 1. The van der Waals surface area contributed by atoms with Crippen LogP contribution >= 0.6 is 19.6 Å². The summed E-state index contributed by atoms with van der Waals surface area (Å²) in [7, 11) is -1.38. The lowest BCUT2D eigenvalue weighted by Crippen LogP contribution is -2.22. The van der Waals surface area contributed by atoms with Crippen molar-refractivity contribution in [3.8, 4) is 0 Å². The number of thioether (sulfide) groups is 1. The van der Waals surface area contributed by atoms with Crippen molar-refractivity contribution in [2.24, 2.45) is 5.92 Å². The number of benzene rings is 1. The Morgan fingerprint density at radius 2 is 2.04 bits per heavy atom. The lowest BCUT2D eigenvalue weighted by molar-refractivity contribution is -0.147. The van der Waals surface area contributed by atoms with Gasteiger partial charge in [-0.1, -0.05) is 47.5 Å². The fourth-order valence-corrected chi connectivity index (χ4v) is 4.97. The normalized spacial score (nSPS) is 14.3. The van der Waals surface area contributed by atoms with Gasteiger partial charge in [0, 0.05) is 5.39 Å². The minimum atomic E-state index is -1.38. The molecule has 5 nitrogen and oxygen atoms in total. The molecule has 0 aliphatic carbocycles. The number of pyridine rings is 1. The number of fused-ring (bicyclic) bond motifs is 1. The second kappa shape index (κ2) is 9.11. The van der Waals surface area contributed by atoms with E-state index in [1.807, 2.05) is 43.3 Å². The zero-order valence-electron chi connectivity index (χ0n) is 13.5. The number of para-hydroxylation sites is 1. The van der Waals surface area contributed by atoms with E-state index in [4.69, 9.17) is 5.11 Å². The molecule has 0 saturated heterocycles. The number of nitrogens with zero attached hydrogens (tertiary/aromatic N) is 1. The predicted molar refractivity (Wildman–Crippen MR) is 97.0 cm³/mol. The van der Waals surface area contributed by atoms with Crippen LogP contribution in [0.15, 0.2) is 41.4 Å². The molecule has 1 aromatic carbocycles. The summed E-state index contributed by atoms with van der Waals surface area (Å²) in [6.07, 6.45) is 0.0288. The fraction of sp³-hybridized carbons (Fsp3) is 0.412. The lowest BCUT2D eigenvalue weighted by atomic mass is 10.0. The lowest BCUT2D eigenvalue weighted by Gasteiger charge is -2.10. The van der Waals surface area contributed by atoms with Gasteiger partial charge >= 0.3 is 13.8 Å². The fourth-order valence-electron chi connectivity index (χ4n) is 2.29. The Morgan fingerprint density at radius 1 is 1.29 bits per heavy atom. The van der Waals surface area contributed by atoms with Crippen LogP contribution in [-0.2, 0) is 9.36 Å². The second-order valence-electron chi connectivity index (χ2n) is 5.80. The van der Waals surface area contributed by atoms with Crippen LogP contribution < -0.4 is 0 Å². The van der Waals surface area contributed by atoms with E-state index in [1.165, 1.54) is 11.8 Å². The maximum absolute atomic E-state index is 12.1. The molecule has 0 spiro atoms. The van der Waals surface area contributed by atoms with Crippen molar-refractivity contribution >= 4 is 36.4 Å². The summed E-state index contributed by atoms with van der Waals surface area (Å²) in [6, 6.07) is 11.8. The molecule has 0 fully saturated rings. The maximum Gasteiger partial charge on any atom is 0.349 e. The van der Waals surface area contributed by atoms with Gasteiger partial charge in [0.2, 0.25) is 0 Å². The van der Waals surface area contributed by atoms with Gasteiger partial charge in [0.05, 0.1) is 5.52 Å². The summed E-state index contributed by atoms with van der Waals surface area (Å²) in [4.78, 5) is 15.1. The number of carbonyl (C=O) groups is 1. The Kier molecular flexibility index (Phi) is 7.16. The summed E-state index contributed by atoms with van der Waals surface area (Å²) in [5, 5.41) is 19.9. The number of carboxylic acids is 1. The largest absolute Gasteiger partial charge is 0.479 e. The summed E-state index contributed by atoms with van der Waals surface area (Å²) in [5.74, 6) is -1.18. The Labute approximate surface area is 146 Å². The number of hydrogen-bond donors (Lipinski definition) is 2. The molecule has 3 atom stereocenters. The molecule has 2 N–H and O–H groups in total. The Hall–Kier alpha value is -1.49. The second-order valence-corrected chi connectivity index (χ2v) is 8.96. The molecular weight excluding hydrogens is 345 g/mol. The number of rotatable bonds is 9. The Balaban J connectivity index is 1.77. The van der Waals surface area contributed by atoms with Crippen molar-refractivity contribution in [3.05, 3.63) is 36.4 Å². The number of aliphatic carboxylic acids is 1. The van der Waals surface area contributed by atoms with Crippen molar-refractivity contribution < 1.29 is 19.6 Å². The molecule has 0 amide bonds. The van der Waals surface area contributed by atoms with Crippen molar-refractivity contribution in [1.82, 2.24) is 4.98 Å². The van der Waals surface area contributed by atoms with Gasteiger partial charge in [0.1, 0.15) is 11.2 Å². The monoisotopic (exact) mass is 366 g/mol. The molecule has 0 aliphatic rings. The van der Waals surface area contributed by atoms with E-state index in [1.54, 1.807) is 0 Å². The highest BCUT2D eigenvalue weighted by molar-refractivity contribution is 8.03. The van der Waals surface area contributed by atoms with E-state index >= 15 is 0 Å². The van der Waals surface area contributed by atoms with E-state index in [2.05, 4.69) is 4.98 Å². The average molecular weight is 366 g/mol. The van der Waals surface area contributed by atoms with Crippen LogP contribution in [0.25, 0.3) is 10.9 Å². The van der Waals surface area contributed by atoms with Gasteiger partial charge in [-0.25, -0.2) is 9.78 Å². The van der Waals surface area contributed by atoms with E-state index in [0.29, 0.717) is 18.1 Å². The van der Waals surface area contributed by atoms with E-state index < -0.39 is 19.9 Å². The number of hydrogen-bond acceptors (Lipinski definition) is 5. The van der Waals surface area contributed by atoms with Gasteiger partial charge in [0.15, 0.2) is 11.6 Å². The zero-order chi connectivity index (χ0) is 17.5. The summed E-state index contributed by atoms with van der Waals surface area (Å²) >= 11 is 1.48. The minimum Gasteiger partial charge on any atom is -0.479 e. The molecular formula is C17H21NO4PS+. The number of aliphatic hydroxyl groups excluding tert-OH is 1. The van der Waals surface area contributed by atoms with Gasteiger partial charge < -0.3 is 10.2 Å². The maximum atomic E-state index is 12.1. The number of aliphatic hydroxyl groups is 1. The third kappa shape index (κ3) is 5.86. The molecule has 1 aromatic heterocycles. The molecule has 0 radical (unpaired) electrons. The van der Waals surface area contributed by atoms with Crippen molar-refractivity contribution in [2.75, 3.05) is 11.7 Å². The molecule has 128 valence electrons. The third-order valence-corrected chi connectivity index (χ3v) is 6.66. The van der Waals surface area contributed by atoms with Crippen molar-refractivity contribution in [3.63, 3.8) is 0 Å². The van der Waals surface area contributed by atoms with E-state index in [0.717, 1.165) is 15.9 Å². The van der Waals surface area contributed by atoms with Gasteiger partial charge in [0.25, 0.3) is 0 Å². The zero-order valence-corrected chi connectivity index (χ0v) is 15.2. The summed E-state index contributed by atoms with van der Waals surface area (Å²) < 4.78 is 12.1. The highest BCUT2D eigenvalue weighted by Crippen LogP contribution is 2.33. The molecule has 7 heteroatoms. The SMILES string of the molecule is CC(CC[P+](=O)CSc1ccc2ccccc2n1)CC(O)C(=O)O. The smallest absolute Gasteiger partial charge is 0.349 e. The number of carboxylic acid groups (broad SMARTS) is 1. The predicted octanol–water partition coefficient (Wildman–Crippen LogP) is 3.97. The van der Waals surface area contributed by atoms with Gasteiger partial charge in [-0.3, -0.25) is 0 Å². The van der Waals surface area contributed by atoms with Gasteiger partial charge in [-0.05, 0) is 30.9 Å². The van der Waals surface area contributed by atoms with E-state index in [9.17, 15) is 14.5 Å². The first-order valence-electron chi connectivity index (χ1n) is 7.77. The first-order valence-corrected chi connectivity index (χ1v) is 10.4. The molecule has 1 heterocycles. The van der Waals surface area contributed by atoms with Crippen LogP contribution in [0, 0.1) is 5.92 Å². The van der Waals surface area contributed by atoms with E-state index in [-0.39, 0.29) is 12.3 Å². The van der Waals surface area contributed by atoms with Crippen LogP contribution in [0.3, 0.4) is 0 Å². The van der Waals surface area contributed by atoms with Gasteiger partial charge in [-0.15, -0.1) is 0 Å². The molecule has 0 saturated carbocycles. The van der Waals surface area contributed by atoms with Crippen LogP contribution in [0.1, 0.15) is 19.8 Å². The highest BCUT2D eigenvalue weighted by Gasteiger charge is 2.21. The molecule has 2 rings (SSSR count).